The summed E-state index contributed by atoms with van der Waals surface area (Å²) in [5, 5.41) is 8.03. The summed E-state index contributed by atoms with van der Waals surface area (Å²) in [5.41, 5.74) is 1.88. The van der Waals surface area contributed by atoms with Gasteiger partial charge >= 0.3 is 0 Å². The van der Waals surface area contributed by atoms with E-state index in [1.807, 2.05) is 19.2 Å². The van der Waals surface area contributed by atoms with Crippen LogP contribution in [0.4, 0.5) is 5.82 Å². The van der Waals surface area contributed by atoms with E-state index in [2.05, 4.69) is 43.5 Å². The van der Waals surface area contributed by atoms with Crippen molar-refractivity contribution in [1.82, 2.24) is 25.1 Å². The molecule has 3 aromatic rings. The molecule has 1 amide bonds. The number of rotatable bonds is 5. The number of H-pyrrole nitrogens is 1. The van der Waals surface area contributed by atoms with E-state index in [9.17, 15) is 4.79 Å². The number of ether oxygens (including phenoxy) is 2. The standard InChI is InChI=1S/C23H24N6O3/c1-5-20(30)29-9-8-16(13-29)28(2)23-21-19(26-27-22(21)24-14-25-23)7-6-15-10-17(31-3)12-18(11-15)32-4/h5,10-12,14,16H,1,8-9,13H2,2-4H3,(H,24,25,26,27). The average Bonchev–Trinajstić information content (AvgIpc) is 3.49. The number of benzene rings is 1. The fraction of sp³-hybridized carbons (Fsp3) is 0.304. The molecule has 1 saturated heterocycles. The number of nitrogens with one attached hydrogen (secondary N) is 1. The Morgan fingerprint density at radius 1 is 1.25 bits per heavy atom. The number of nitrogens with zero attached hydrogens (tertiary/aromatic N) is 5. The first-order chi connectivity index (χ1) is 15.5. The summed E-state index contributed by atoms with van der Waals surface area (Å²) in [5.74, 6) is 8.22. The van der Waals surface area contributed by atoms with E-state index in [0.717, 1.165) is 17.4 Å². The molecule has 1 fully saturated rings. The molecule has 1 atom stereocenters. The van der Waals surface area contributed by atoms with E-state index in [4.69, 9.17) is 9.47 Å². The molecule has 0 saturated carbocycles. The van der Waals surface area contributed by atoms with Gasteiger partial charge in [-0.2, -0.15) is 5.10 Å². The highest BCUT2D eigenvalue weighted by Crippen LogP contribution is 2.28. The maximum absolute atomic E-state index is 12.0. The van der Waals surface area contributed by atoms with Crippen molar-refractivity contribution in [2.45, 2.75) is 12.5 Å². The quantitative estimate of drug-likeness (QED) is 0.487. The monoisotopic (exact) mass is 432 g/mol. The van der Waals surface area contributed by atoms with Crippen LogP contribution in [0, 0.1) is 11.8 Å². The van der Waals surface area contributed by atoms with Gasteiger partial charge in [0.2, 0.25) is 5.91 Å². The van der Waals surface area contributed by atoms with Crippen molar-refractivity contribution >= 4 is 22.8 Å². The lowest BCUT2D eigenvalue weighted by Crippen LogP contribution is -2.36. The zero-order valence-corrected chi connectivity index (χ0v) is 18.3. The number of aromatic amines is 1. The van der Waals surface area contributed by atoms with Gasteiger partial charge in [0.05, 0.1) is 19.6 Å². The molecule has 164 valence electrons. The van der Waals surface area contributed by atoms with Gasteiger partial charge in [0.15, 0.2) is 5.65 Å². The third kappa shape index (κ3) is 4.07. The number of fused-ring (bicyclic) bond motifs is 1. The highest BCUT2D eigenvalue weighted by Gasteiger charge is 2.30. The molecule has 0 aliphatic carbocycles. The number of carbonyl (C=O) groups excluding carboxylic acids is 1. The number of amides is 1. The summed E-state index contributed by atoms with van der Waals surface area (Å²) >= 11 is 0. The number of anilines is 1. The van der Waals surface area contributed by atoms with Gasteiger partial charge in [-0.25, -0.2) is 9.97 Å². The second kappa shape index (κ2) is 8.98. The van der Waals surface area contributed by atoms with Gasteiger partial charge in [0.1, 0.15) is 29.3 Å². The van der Waals surface area contributed by atoms with Crippen molar-refractivity contribution in [2.75, 3.05) is 39.3 Å². The summed E-state index contributed by atoms with van der Waals surface area (Å²) in [6.07, 6.45) is 3.69. The lowest BCUT2D eigenvalue weighted by molar-refractivity contribution is -0.125. The number of methoxy groups -OCH3 is 2. The van der Waals surface area contributed by atoms with Crippen molar-refractivity contribution in [2.24, 2.45) is 0 Å². The Morgan fingerprint density at radius 2 is 2.00 bits per heavy atom. The lowest BCUT2D eigenvalue weighted by Gasteiger charge is -2.26. The number of aromatic nitrogens is 4. The van der Waals surface area contributed by atoms with Crippen molar-refractivity contribution < 1.29 is 14.3 Å². The maximum atomic E-state index is 12.0. The largest absolute Gasteiger partial charge is 0.497 e. The fourth-order valence-corrected chi connectivity index (χ4v) is 3.77. The molecule has 9 nitrogen and oxygen atoms in total. The summed E-state index contributed by atoms with van der Waals surface area (Å²) in [7, 11) is 5.16. The molecule has 32 heavy (non-hydrogen) atoms. The molecule has 1 aliphatic heterocycles. The van der Waals surface area contributed by atoms with Crippen LogP contribution in [0.2, 0.25) is 0 Å². The Labute approximate surface area is 186 Å². The minimum Gasteiger partial charge on any atom is -0.497 e. The second-order valence-corrected chi connectivity index (χ2v) is 7.39. The van der Waals surface area contributed by atoms with Crippen molar-refractivity contribution in [1.29, 1.82) is 0 Å². The van der Waals surface area contributed by atoms with Gasteiger partial charge in [-0.1, -0.05) is 12.5 Å². The first-order valence-electron chi connectivity index (χ1n) is 10.1. The SMILES string of the molecule is C=CC(=O)N1CCC(N(C)c2ncnc3[nH]nc(C#Cc4cc(OC)cc(OC)c4)c23)C1. The van der Waals surface area contributed by atoms with Gasteiger partial charge in [-0.05, 0) is 30.6 Å². The van der Waals surface area contributed by atoms with E-state index in [0.29, 0.717) is 41.7 Å². The summed E-state index contributed by atoms with van der Waals surface area (Å²) in [4.78, 5) is 24.6. The molecule has 1 aliphatic rings. The molecule has 1 aromatic carbocycles. The first kappa shape index (κ1) is 21.2. The number of likely N-dealkylation sites (N-methyl/N-ethyl adjacent to an activating group) is 1. The molecule has 3 heterocycles. The van der Waals surface area contributed by atoms with Crippen LogP contribution in [0.1, 0.15) is 17.7 Å². The Morgan fingerprint density at radius 3 is 2.69 bits per heavy atom. The molecule has 9 heteroatoms. The molecule has 2 aromatic heterocycles. The van der Waals surface area contributed by atoms with Crippen molar-refractivity contribution in [3.05, 3.63) is 48.4 Å². The van der Waals surface area contributed by atoms with Crippen LogP contribution in [0.3, 0.4) is 0 Å². The van der Waals surface area contributed by atoms with Crippen LogP contribution in [0.25, 0.3) is 11.0 Å². The number of hydrogen-bond donors (Lipinski definition) is 1. The zero-order chi connectivity index (χ0) is 22.7. The second-order valence-electron chi connectivity index (χ2n) is 7.39. The van der Waals surface area contributed by atoms with Crippen molar-refractivity contribution in [3.63, 3.8) is 0 Å². The first-order valence-corrected chi connectivity index (χ1v) is 10.1. The summed E-state index contributed by atoms with van der Waals surface area (Å²) < 4.78 is 10.6. The van der Waals surface area contributed by atoms with Crippen LogP contribution in [0.5, 0.6) is 11.5 Å². The van der Waals surface area contributed by atoms with Gasteiger partial charge in [0.25, 0.3) is 0 Å². The van der Waals surface area contributed by atoms with Crippen LogP contribution >= 0.6 is 0 Å². The topological polar surface area (TPSA) is 96.5 Å². The molecule has 1 N–H and O–H groups in total. The van der Waals surface area contributed by atoms with Crippen molar-refractivity contribution in [3.8, 4) is 23.3 Å². The zero-order valence-electron chi connectivity index (χ0n) is 18.3. The Hall–Kier alpha value is -4.06. The lowest BCUT2D eigenvalue weighted by atomic mass is 10.1. The van der Waals surface area contributed by atoms with Crippen LogP contribution in [-0.4, -0.2) is 71.4 Å². The highest BCUT2D eigenvalue weighted by molar-refractivity contribution is 5.92. The number of likely N-dealkylation sites (tertiary alicyclic amines) is 1. The molecule has 0 spiro atoms. The van der Waals surface area contributed by atoms with Crippen LogP contribution in [0.15, 0.2) is 37.2 Å². The normalized spacial score (nSPS) is 15.2. The molecule has 1 unspecified atom stereocenters. The molecule has 4 rings (SSSR count). The minimum atomic E-state index is -0.0580. The fourth-order valence-electron chi connectivity index (χ4n) is 3.77. The van der Waals surface area contributed by atoms with Gasteiger partial charge < -0.3 is 19.3 Å². The Bertz CT molecular complexity index is 1200. The molecule has 0 bridgehead atoms. The summed E-state index contributed by atoms with van der Waals surface area (Å²) in [6.45, 7) is 4.87. The third-order valence-corrected chi connectivity index (χ3v) is 5.55. The predicted molar refractivity (Wildman–Crippen MR) is 121 cm³/mol. The van der Waals surface area contributed by atoms with Crippen LogP contribution in [-0.2, 0) is 4.79 Å². The van der Waals surface area contributed by atoms with E-state index >= 15 is 0 Å². The average molecular weight is 432 g/mol. The molecule has 0 radical (unpaired) electrons. The smallest absolute Gasteiger partial charge is 0.246 e. The van der Waals surface area contributed by atoms with Gasteiger partial charge in [-0.3, -0.25) is 9.89 Å². The Kier molecular flexibility index (Phi) is 5.94. The number of hydrogen-bond acceptors (Lipinski definition) is 7. The van der Waals surface area contributed by atoms with E-state index < -0.39 is 0 Å². The van der Waals surface area contributed by atoms with Gasteiger partial charge in [0, 0.05) is 37.8 Å². The summed E-state index contributed by atoms with van der Waals surface area (Å²) in [6, 6.07) is 5.57. The Balaban J connectivity index is 1.67. The van der Waals surface area contributed by atoms with Crippen LogP contribution < -0.4 is 14.4 Å². The maximum Gasteiger partial charge on any atom is 0.246 e. The van der Waals surface area contributed by atoms with E-state index in [1.165, 1.54) is 12.4 Å². The van der Waals surface area contributed by atoms with E-state index in [1.54, 1.807) is 25.2 Å². The molecular formula is C23H24N6O3. The highest BCUT2D eigenvalue weighted by atomic mass is 16.5. The third-order valence-electron chi connectivity index (χ3n) is 5.55. The van der Waals surface area contributed by atoms with Gasteiger partial charge in [-0.15, -0.1) is 0 Å². The van der Waals surface area contributed by atoms with E-state index in [-0.39, 0.29) is 11.9 Å². The minimum absolute atomic E-state index is 0.0580. The predicted octanol–water partition coefficient (Wildman–Crippen LogP) is 1.99. The number of carbonyl (C=O) groups is 1. The molecular weight excluding hydrogens is 408 g/mol.